The lowest BCUT2D eigenvalue weighted by atomic mass is 10.2. The molecule has 0 unspecified atom stereocenters. The summed E-state index contributed by atoms with van der Waals surface area (Å²) < 4.78 is 12.9. The molecule has 124 valence electrons. The number of nitrogens with zero attached hydrogens (tertiary/aromatic N) is 4. The number of halogens is 1. The minimum atomic E-state index is 0.171. The molecule has 0 atom stereocenters. The molecule has 0 amide bonds. The molecule has 0 aliphatic heterocycles. The molecule has 1 aliphatic rings. The van der Waals surface area contributed by atoms with E-state index in [-0.39, 0.29) is 5.28 Å². The summed E-state index contributed by atoms with van der Waals surface area (Å²) in [5, 5.41) is 5.37. The van der Waals surface area contributed by atoms with E-state index < -0.39 is 0 Å². The van der Waals surface area contributed by atoms with E-state index in [2.05, 4.69) is 15.1 Å². The second-order valence-corrected chi connectivity index (χ2v) is 6.28. The molecule has 0 saturated heterocycles. The Balaban J connectivity index is 1.57. The number of hydrogen-bond donors (Lipinski definition) is 0. The molecule has 1 aromatic carbocycles. The summed E-state index contributed by atoms with van der Waals surface area (Å²) in [6.45, 7) is 1.26. The zero-order valence-electron chi connectivity index (χ0n) is 13.3. The summed E-state index contributed by atoms with van der Waals surface area (Å²) in [7, 11) is 1.64. The molecule has 6 nitrogen and oxygen atoms in total. The molecular weight excluding hydrogens is 328 g/mol. The van der Waals surface area contributed by atoms with Crippen LogP contribution >= 0.6 is 11.6 Å². The van der Waals surface area contributed by atoms with Crippen LogP contribution in [0.4, 0.5) is 0 Å². The minimum absolute atomic E-state index is 0.171. The fourth-order valence-corrected chi connectivity index (χ4v) is 2.72. The van der Waals surface area contributed by atoms with Gasteiger partial charge in [0.05, 0.1) is 13.3 Å². The van der Waals surface area contributed by atoms with Crippen LogP contribution in [0.1, 0.15) is 18.4 Å². The number of hydrogen-bond acceptors (Lipinski definition) is 5. The molecule has 0 bridgehead atoms. The van der Waals surface area contributed by atoms with Crippen LogP contribution < -0.4 is 9.47 Å². The topological polar surface area (TPSA) is 62.1 Å². The van der Waals surface area contributed by atoms with Gasteiger partial charge in [-0.1, -0.05) is 12.1 Å². The van der Waals surface area contributed by atoms with Crippen molar-refractivity contribution in [2.24, 2.45) is 5.92 Å². The van der Waals surface area contributed by atoms with Gasteiger partial charge in [0.1, 0.15) is 17.7 Å². The number of methoxy groups -OCH3 is 1. The third kappa shape index (κ3) is 3.14. The van der Waals surface area contributed by atoms with E-state index in [0.29, 0.717) is 18.4 Å². The first-order valence-electron chi connectivity index (χ1n) is 7.87. The van der Waals surface area contributed by atoms with Gasteiger partial charge in [-0.05, 0) is 48.1 Å². The van der Waals surface area contributed by atoms with Gasteiger partial charge in [0, 0.05) is 6.54 Å². The fourth-order valence-electron chi connectivity index (χ4n) is 2.57. The van der Waals surface area contributed by atoms with Crippen LogP contribution in [-0.4, -0.2) is 26.9 Å². The molecule has 0 radical (unpaired) electrons. The lowest BCUT2D eigenvalue weighted by Gasteiger charge is -2.08. The highest BCUT2D eigenvalue weighted by Crippen LogP contribution is 2.32. The lowest BCUT2D eigenvalue weighted by Crippen LogP contribution is -2.04. The molecule has 1 fully saturated rings. The summed E-state index contributed by atoms with van der Waals surface area (Å²) in [6.07, 6.45) is 4.25. The van der Waals surface area contributed by atoms with E-state index in [4.69, 9.17) is 21.1 Å². The second kappa shape index (κ2) is 6.28. The maximum absolute atomic E-state index is 6.07. The van der Waals surface area contributed by atoms with E-state index in [9.17, 15) is 0 Å². The van der Waals surface area contributed by atoms with Crippen molar-refractivity contribution in [1.82, 2.24) is 19.7 Å². The third-order valence-electron chi connectivity index (χ3n) is 4.10. The van der Waals surface area contributed by atoms with Crippen LogP contribution in [0.15, 0.2) is 30.5 Å². The molecule has 7 heteroatoms. The average molecular weight is 345 g/mol. The normalized spacial score (nSPS) is 14.1. The SMILES string of the molecule is COc1ccc(COc2nc(Cl)nc3c2cnn3CC2CC2)cc1. The van der Waals surface area contributed by atoms with Crippen molar-refractivity contribution in [2.45, 2.75) is 26.0 Å². The smallest absolute Gasteiger partial charge is 0.229 e. The number of rotatable bonds is 6. The second-order valence-electron chi connectivity index (χ2n) is 5.94. The van der Waals surface area contributed by atoms with E-state index >= 15 is 0 Å². The van der Waals surface area contributed by atoms with Crippen molar-refractivity contribution in [3.05, 3.63) is 41.3 Å². The molecule has 2 aromatic heterocycles. The van der Waals surface area contributed by atoms with Gasteiger partial charge in [0.2, 0.25) is 11.2 Å². The molecule has 0 spiro atoms. The highest BCUT2D eigenvalue weighted by Gasteiger charge is 2.24. The van der Waals surface area contributed by atoms with Crippen LogP contribution in [0.3, 0.4) is 0 Å². The maximum atomic E-state index is 6.07. The van der Waals surface area contributed by atoms with Crippen LogP contribution in [0.25, 0.3) is 11.0 Å². The molecular formula is C17H17ClN4O2. The van der Waals surface area contributed by atoms with Crippen LogP contribution in [0, 0.1) is 5.92 Å². The summed E-state index contributed by atoms with van der Waals surface area (Å²) >= 11 is 6.07. The Kier molecular flexibility index (Phi) is 3.98. The number of fused-ring (bicyclic) bond motifs is 1. The highest BCUT2D eigenvalue weighted by molar-refractivity contribution is 6.28. The highest BCUT2D eigenvalue weighted by atomic mass is 35.5. The zero-order valence-corrected chi connectivity index (χ0v) is 14.0. The zero-order chi connectivity index (χ0) is 16.5. The molecule has 3 aromatic rings. The van der Waals surface area contributed by atoms with Crippen LogP contribution in [-0.2, 0) is 13.2 Å². The van der Waals surface area contributed by atoms with Gasteiger partial charge < -0.3 is 9.47 Å². The van der Waals surface area contributed by atoms with Crippen molar-refractivity contribution in [1.29, 1.82) is 0 Å². The third-order valence-corrected chi connectivity index (χ3v) is 4.27. The standard InChI is InChI=1S/C17H17ClN4O2/c1-23-13-6-4-12(5-7-13)10-24-16-14-8-19-22(9-11-2-3-11)15(14)20-17(18)21-16/h4-8,11H,2-3,9-10H2,1H3. The van der Waals surface area contributed by atoms with Crippen LogP contribution in [0.5, 0.6) is 11.6 Å². The monoisotopic (exact) mass is 344 g/mol. The van der Waals surface area contributed by atoms with Crippen molar-refractivity contribution in [3.8, 4) is 11.6 Å². The predicted molar refractivity (Wildman–Crippen MR) is 90.4 cm³/mol. The van der Waals surface area contributed by atoms with Crippen LogP contribution in [0.2, 0.25) is 5.28 Å². The Bertz CT molecular complexity index is 859. The minimum Gasteiger partial charge on any atom is -0.497 e. The molecule has 4 rings (SSSR count). The number of aromatic nitrogens is 4. The maximum Gasteiger partial charge on any atom is 0.229 e. The Hall–Kier alpha value is -2.34. The van der Waals surface area contributed by atoms with Crippen molar-refractivity contribution < 1.29 is 9.47 Å². The lowest BCUT2D eigenvalue weighted by molar-refractivity contribution is 0.297. The Labute approximate surface area is 144 Å². The van der Waals surface area contributed by atoms with Gasteiger partial charge in [0.25, 0.3) is 0 Å². The van der Waals surface area contributed by atoms with E-state index in [0.717, 1.165) is 28.9 Å². The van der Waals surface area contributed by atoms with Gasteiger partial charge in [0.15, 0.2) is 5.65 Å². The Morgan fingerprint density at radius 3 is 2.71 bits per heavy atom. The summed E-state index contributed by atoms with van der Waals surface area (Å²) in [5.41, 5.74) is 1.75. The first kappa shape index (κ1) is 15.2. The van der Waals surface area contributed by atoms with Crippen molar-refractivity contribution >= 4 is 22.6 Å². The van der Waals surface area contributed by atoms with Gasteiger partial charge in [-0.25, -0.2) is 4.68 Å². The van der Waals surface area contributed by atoms with Gasteiger partial charge in [-0.3, -0.25) is 0 Å². The molecule has 24 heavy (non-hydrogen) atoms. The van der Waals surface area contributed by atoms with E-state index in [1.807, 2.05) is 28.9 Å². The Morgan fingerprint density at radius 1 is 1.21 bits per heavy atom. The number of benzene rings is 1. The quantitative estimate of drug-likeness (QED) is 0.641. The predicted octanol–water partition coefficient (Wildman–Crippen LogP) is 3.48. The molecule has 0 N–H and O–H groups in total. The largest absolute Gasteiger partial charge is 0.497 e. The Morgan fingerprint density at radius 2 is 2.00 bits per heavy atom. The van der Waals surface area contributed by atoms with Gasteiger partial charge >= 0.3 is 0 Å². The van der Waals surface area contributed by atoms with Crippen molar-refractivity contribution in [3.63, 3.8) is 0 Å². The fraction of sp³-hybridized carbons (Fsp3) is 0.353. The van der Waals surface area contributed by atoms with Gasteiger partial charge in [-0.15, -0.1) is 0 Å². The average Bonchev–Trinajstić information content (AvgIpc) is 3.33. The summed E-state index contributed by atoms with van der Waals surface area (Å²) in [4.78, 5) is 8.53. The molecule has 1 aliphatic carbocycles. The van der Waals surface area contributed by atoms with Crippen molar-refractivity contribution in [2.75, 3.05) is 7.11 Å². The first-order valence-corrected chi connectivity index (χ1v) is 8.25. The first-order chi connectivity index (χ1) is 11.7. The van der Waals surface area contributed by atoms with E-state index in [1.165, 1.54) is 12.8 Å². The van der Waals surface area contributed by atoms with E-state index in [1.54, 1.807) is 13.3 Å². The summed E-state index contributed by atoms with van der Waals surface area (Å²) in [5.74, 6) is 1.97. The van der Waals surface area contributed by atoms with Gasteiger partial charge in [-0.2, -0.15) is 15.1 Å². The summed E-state index contributed by atoms with van der Waals surface area (Å²) in [6, 6.07) is 7.70. The molecule has 1 saturated carbocycles. The number of ether oxygens (including phenoxy) is 2. The molecule has 2 heterocycles.